The number of carbonyl (C=O) groups excluding carboxylic acids is 2. The van der Waals surface area contributed by atoms with E-state index >= 15 is 0 Å². The van der Waals surface area contributed by atoms with E-state index in [-0.39, 0.29) is 18.4 Å². The Balaban J connectivity index is 1.60. The molecule has 0 bridgehead atoms. The van der Waals surface area contributed by atoms with Crippen molar-refractivity contribution in [3.63, 3.8) is 0 Å². The third kappa shape index (κ3) is 3.22. The molecular weight excluding hydrogens is 290 g/mol. The van der Waals surface area contributed by atoms with Crippen molar-refractivity contribution < 1.29 is 9.59 Å². The van der Waals surface area contributed by atoms with E-state index < -0.39 is 0 Å². The minimum atomic E-state index is -0.195. The van der Waals surface area contributed by atoms with Gasteiger partial charge in [-0.15, -0.1) is 11.8 Å². The van der Waals surface area contributed by atoms with Crippen LogP contribution in [0, 0.1) is 0 Å². The summed E-state index contributed by atoms with van der Waals surface area (Å²) in [4.78, 5) is 28.8. The topological polar surface area (TPSA) is 80.1 Å². The number of aromatic nitrogens is 3. The summed E-state index contributed by atoms with van der Waals surface area (Å²) in [5.41, 5.74) is 1.54. The van der Waals surface area contributed by atoms with Gasteiger partial charge in [-0.25, -0.2) is 9.67 Å². The van der Waals surface area contributed by atoms with Crippen LogP contribution in [0.3, 0.4) is 0 Å². The number of thioether (sulfide) groups is 1. The van der Waals surface area contributed by atoms with Gasteiger partial charge in [-0.2, -0.15) is 5.10 Å². The van der Waals surface area contributed by atoms with Gasteiger partial charge in [0.05, 0.1) is 17.3 Å². The van der Waals surface area contributed by atoms with Gasteiger partial charge in [0.2, 0.25) is 11.8 Å². The Kier molecular flexibility index (Phi) is 3.87. The molecule has 0 spiro atoms. The molecule has 108 valence electrons. The van der Waals surface area contributed by atoms with Crippen molar-refractivity contribution in [1.29, 1.82) is 0 Å². The molecule has 0 radical (unpaired) electrons. The molecule has 1 fully saturated rings. The number of hydrogen-bond donors (Lipinski definition) is 1. The monoisotopic (exact) mass is 303 g/mol. The molecule has 1 saturated heterocycles. The highest BCUT2D eigenvalue weighted by atomic mass is 32.2. The molecule has 0 saturated carbocycles. The number of nitrogens with one attached hydrogen (secondary N) is 1. The van der Waals surface area contributed by atoms with E-state index in [9.17, 15) is 9.59 Å². The third-order valence-electron chi connectivity index (χ3n) is 2.99. The number of amides is 2. The van der Waals surface area contributed by atoms with Crippen LogP contribution in [0.25, 0.3) is 5.69 Å². The summed E-state index contributed by atoms with van der Waals surface area (Å²) in [6.07, 6.45) is 3.06. The number of carbonyl (C=O) groups is 2. The first-order valence-corrected chi connectivity index (χ1v) is 7.48. The average Bonchev–Trinajstić information content (AvgIpc) is 3.12. The third-order valence-corrected chi connectivity index (χ3v) is 3.94. The van der Waals surface area contributed by atoms with Crippen molar-refractivity contribution in [3.8, 4) is 5.69 Å². The molecule has 0 aliphatic carbocycles. The predicted molar refractivity (Wildman–Crippen MR) is 79.0 cm³/mol. The Bertz CT molecular complexity index is 641. The van der Waals surface area contributed by atoms with Gasteiger partial charge in [-0.3, -0.25) is 9.59 Å². The Labute approximate surface area is 125 Å². The van der Waals surface area contributed by atoms with E-state index in [0.29, 0.717) is 17.3 Å². The first-order chi connectivity index (χ1) is 10.2. The lowest BCUT2D eigenvalue weighted by atomic mass is 10.3. The van der Waals surface area contributed by atoms with Gasteiger partial charge in [0.25, 0.3) is 0 Å². The van der Waals surface area contributed by atoms with Crippen LogP contribution in [-0.2, 0) is 9.59 Å². The Hall–Kier alpha value is -2.35. The first-order valence-electron chi connectivity index (χ1n) is 6.33. The molecule has 0 atom stereocenters. The van der Waals surface area contributed by atoms with Gasteiger partial charge in [0.1, 0.15) is 19.2 Å². The normalized spacial score (nSPS) is 14.5. The van der Waals surface area contributed by atoms with E-state index in [0.717, 1.165) is 5.69 Å². The van der Waals surface area contributed by atoms with Gasteiger partial charge < -0.3 is 10.2 Å². The SMILES string of the molecule is O=C(CN1CSCC1=O)Nc1ccc(-n2cncn2)cc1. The molecule has 2 heterocycles. The number of anilines is 1. The van der Waals surface area contributed by atoms with E-state index in [1.165, 1.54) is 18.1 Å². The van der Waals surface area contributed by atoms with Crippen molar-refractivity contribution in [2.45, 2.75) is 0 Å². The Morgan fingerprint density at radius 2 is 2.14 bits per heavy atom. The predicted octanol–water partition coefficient (Wildman–Crippen LogP) is 0.739. The molecule has 2 aromatic rings. The maximum absolute atomic E-state index is 11.9. The van der Waals surface area contributed by atoms with Gasteiger partial charge in [-0.1, -0.05) is 0 Å². The molecule has 2 amide bonds. The average molecular weight is 303 g/mol. The van der Waals surface area contributed by atoms with Crippen molar-refractivity contribution >= 4 is 29.3 Å². The molecule has 8 heteroatoms. The zero-order chi connectivity index (χ0) is 14.7. The fourth-order valence-electron chi connectivity index (χ4n) is 1.95. The molecule has 1 aromatic carbocycles. The number of nitrogens with zero attached hydrogens (tertiary/aromatic N) is 4. The summed E-state index contributed by atoms with van der Waals surface area (Å²) in [6.45, 7) is 0.0939. The van der Waals surface area contributed by atoms with Gasteiger partial charge >= 0.3 is 0 Å². The molecule has 1 N–H and O–H groups in total. The van der Waals surface area contributed by atoms with Crippen LogP contribution in [0.15, 0.2) is 36.9 Å². The van der Waals surface area contributed by atoms with Crippen LogP contribution < -0.4 is 5.32 Å². The van der Waals surface area contributed by atoms with E-state index in [2.05, 4.69) is 15.4 Å². The van der Waals surface area contributed by atoms with Crippen LogP contribution in [-0.4, -0.2) is 49.7 Å². The first kappa shape index (κ1) is 13.6. The Morgan fingerprint density at radius 1 is 1.33 bits per heavy atom. The molecule has 21 heavy (non-hydrogen) atoms. The highest BCUT2D eigenvalue weighted by Crippen LogP contribution is 2.15. The number of rotatable bonds is 4. The van der Waals surface area contributed by atoms with Crippen LogP contribution >= 0.6 is 11.8 Å². The molecule has 3 rings (SSSR count). The van der Waals surface area contributed by atoms with Crippen molar-refractivity contribution in [3.05, 3.63) is 36.9 Å². The minimum Gasteiger partial charge on any atom is -0.325 e. The maximum Gasteiger partial charge on any atom is 0.244 e. The summed E-state index contributed by atoms with van der Waals surface area (Å²) >= 11 is 1.52. The smallest absolute Gasteiger partial charge is 0.244 e. The van der Waals surface area contributed by atoms with E-state index in [1.54, 1.807) is 28.0 Å². The highest BCUT2D eigenvalue weighted by molar-refractivity contribution is 8.00. The molecule has 1 aliphatic rings. The fraction of sp³-hybridized carbons (Fsp3) is 0.231. The van der Waals surface area contributed by atoms with E-state index in [1.807, 2.05) is 12.1 Å². The lowest BCUT2D eigenvalue weighted by Crippen LogP contribution is -2.34. The summed E-state index contributed by atoms with van der Waals surface area (Å²) in [6, 6.07) is 7.24. The van der Waals surface area contributed by atoms with Crippen LogP contribution in [0.4, 0.5) is 5.69 Å². The zero-order valence-corrected chi connectivity index (χ0v) is 11.9. The van der Waals surface area contributed by atoms with Crippen molar-refractivity contribution in [2.24, 2.45) is 0 Å². The largest absolute Gasteiger partial charge is 0.325 e. The summed E-state index contributed by atoms with van der Waals surface area (Å²) in [5, 5.41) is 6.80. The van der Waals surface area contributed by atoms with Crippen molar-refractivity contribution in [1.82, 2.24) is 19.7 Å². The second-order valence-corrected chi connectivity index (χ2v) is 5.46. The summed E-state index contributed by atoms with van der Waals surface area (Å²) in [7, 11) is 0. The lowest BCUT2D eigenvalue weighted by Gasteiger charge is -2.14. The van der Waals surface area contributed by atoms with Crippen LogP contribution in [0.1, 0.15) is 0 Å². The molecule has 1 aliphatic heterocycles. The molecule has 0 unspecified atom stereocenters. The quantitative estimate of drug-likeness (QED) is 0.901. The Morgan fingerprint density at radius 3 is 2.76 bits per heavy atom. The standard InChI is InChI=1S/C13H13N5O2S/c19-12(5-17-9-21-6-13(17)20)16-10-1-3-11(4-2-10)18-8-14-7-15-18/h1-4,7-8H,5-6,9H2,(H,16,19). The number of benzene rings is 1. The van der Waals surface area contributed by atoms with E-state index in [4.69, 9.17) is 0 Å². The highest BCUT2D eigenvalue weighted by Gasteiger charge is 2.22. The van der Waals surface area contributed by atoms with Gasteiger partial charge in [0, 0.05) is 5.69 Å². The second kappa shape index (κ2) is 5.96. The lowest BCUT2D eigenvalue weighted by molar-refractivity contribution is -0.130. The maximum atomic E-state index is 11.9. The van der Waals surface area contributed by atoms with Crippen LogP contribution in [0.5, 0.6) is 0 Å². The summed E-state index contributed by atoms with van der Waals surface area (Å²) < 4.78 is 1.63. The van der Waals surface area contributed by atoms with Crippen molar-refractivity contribution in [2.75, 3.05) is 23.5 Å². The molecular formula is C13H13N5O2S. The number of hydrogen-bond acceptors (Lipinski definition) is 5. The fourth-order valence-corrected chi connectivity index (χ4v) is 2.86. The van der Waals surface area contributed by atoms with Crippen LogP contribution in [0.2, 0.25) is 0 Å². The second-order valence-electron chi connectivity index (χ2n) is 4.50. The zero-order valence-electron chi connectivity index (χ0n) is 11.1. The molecule has 1 aromatic heterocycles. The molecule has 7 nitrogen and oxygen atoms in total. The van der Waals surface area contributed by atoms with Gasteiger partial charge in [0.15, 0.2) is 0 Å². The van der Waals surface area contributed by atoms with Gasteiger partial charge in [-0.05, 0) is 24.3 Å². The minimum absolute atomic E-state index is 0.0108. The summed E-state index contributed by atoms with van der Waals surface area (Å²) in [5.74, 6) is 0.855.